The normalized spacial score (nSPS) is 9.86. The number of nitriles is 1. The van der Waals surface area contributed by atoms with Gasteiger partial charge in [0.2, 0.25) is 0 Å². The van der Waals surface area contributed by atoms with Crippen molar-refractivity contribution in [2.45, 2.75) is 13.5 Å². The number of hydrogen-bond donors (Lipinski definition) is 2. The Labute approximate surface area is 128 Å². The summed E-state index contributed by atoms with van der Waals surface area (Å²) < 4.78 is 5.39. The van der Waals surface area contributed by atoms with Crippen molar-refractivity contribution in [3.8, 4) is 11.8 Å². The van der Waals surface area contributed by atoms with E-state index in [4.69, 9.17) is 10.00 Å². The lowest BCUT2D eigenvalue weighted by atomic mass is 10.1. The molecular formula is C17H16N2O3. The first-order chi connectivity index (χ1) is 10.7. The first-order valence-electron chi connectivity index (χ1n) is 6.86. The molecule has 0 aromatic heterocycles. The first-order valence-corrected chi connectivity index (χ1v) is 6.86. The molecule has 0 atom stereocenters. The van der Waals surface area contributed by atoms with Crippen molar-refractivity contribution in [1.29, 1.82) is 5.26 Å². The third-order valence-corrected chi connectivity index (χ3v) is 3.08. The van der Waals surface area contributed by atoms with Crippen LogP contribution in [-0.4, -0.2) is 17.6 Å². The maximum absolute atomic E-state index is 12.2. The highest BCUT2D eigenvalue weighted by atomic mass is 16.5. The molecule has 22 heavy (non-hydrogen) atoms. The molecule has 0 heterocycles. The zero-order valence-electron chi connectivity index (χ0n) is 12.2. The van der Waals surface area contributed by atoms with Crippen LogP contribution in [0.15, 0.2) is 42.5 Å². The molecule has 0 saturated carbocycles. The highest BCUT2D eigenvalue weighted by Gasteiger charge is 2.12. The summed E-state index contributed by atoms with van der Waals surface area (Å²) in [5.41, 5.74) is 1.75. The second-order valence-corrected chi connectivity index (χ2v) is 4.53. The highest BCUT2D eigenvalue weighted by Crippen LogP contribution is 2.23. The van der Waals surface area contributed by atoms with Gasteiger partial charge < -0.3 is 15.2 Å². The van der Waals surface area contributed by atoms with E-state index in [9.17, 15) is 9.90 Å². The largest absolute Gasteiger partial charge is 0.494 e. The summed E-state index contributed by atoms with van der Waals surface area (Å²) >= 11 is 0. The van der Waals surface area contributed by atoms with Crippen molar-refractivity contribution in [3.63, 3.8) is 0 Å². The molecule has 0 aliphatic rings. The average molecular weight is 296 g/mol. The fraction of sp³-hybridized carbons (Fsp3) is 0.176. The van der Waals surface area contributed by atoms with Gasteiger partial charge in [-0.1, -0.05) is 12.1 Å². The molecule has 0 saturated heterocycles. The van der Waals surface area contributed by atoms with Crippen LogP contribution < -0.4 is 10.1 Å². The first kappa shape index (κ1) is 15.5. The van der Waals surface area contributed by atoms with Gasteiger partial charge in [-0.25, -0.2) is 0 Å². The van der Waals surface area contributed by atoms with Crippen molar-refractivity contribution in [3.05, 3.63) is 59.2 Å². The molecule has 2 N–H and O–H groups in total. The lowest BCUT2D eigenvalue weighted by Crippen LogP contribution is -2.13. The number of nitrogens with one attached hydrogen (secondary N) is 1. The summed E-state index contributed by atoms with van der Waals surface area (Å²) in [4.78, 5) is 12.2. The minimum absolute atomic E-state index is 0.187. The van der Waals surface area contributed by atoms with E-state index in [0.717, 1.165) is 0 Å². The highest BCUT2D eigenvalue weighted by molar-refractivity contribution is 6.05. The number of aliphatic hydroxyl groups is 1. The number of nitrogens with zero attached hydrogens (tertiary/aromatic N) is 1. The number of ether oxygens (including phenoxy) is 1. The lowest BCUT2D eigenvalue weighted by molar-refractivity contribution is 0.102. The summed E-state index contributed by atoms with van der Waals surface area (Å²) in [6.07, 6.45) is 0. The van der Waals surface area contributed by atoms with Crippen LogP contribution in [0.4, 0.5) is 5.69 Å². The Kier molecular flexibility index (Phi) is 5.12. The second-order valence-electron chi connectivity index (χ2n) is 4.53. The predicted octanol–water partition coefficient (Wildman–Crippen LogP) is 2.70. The summed E-state index contributed by atoms with van der Waals surface area (Å²) in [5.74, 6) is 0.214. The van der Waals surface area contributed by atoms with Gasteiger partial charge in [-0.3, -0.25) is 4.79 Å². The Morgan fingerprint density at radius 3 is 2.77 bits per heavy atom. The Bertz CT molecular complexity index is 720. The molecule has 0 aliphatic heterocycles. The smallest absolute Gasteiger partial charge is 0.257 e. The monoisotopic (exact) mass is 296 g/mol. The zero-order valence-corrected chi connectivity index (χ0v) is 12.2. The molecule has 0 unspecified atom stereocenters. The van der Waals surface area contributed by atoms with Crippen LogP contribution in [0.2, 0.25) is 0 Å². The van der Waals surface area contributed by atoms with E-state index in [1.807, 2.05) is 13.0 Å². The van der Waals surface area contributed by atoms with E-state index in [1.165, 1.54) is 0 Å². The van der Waals surface area contributed by atoms with Gasteiger partial charge in [-0.2, -0.15) is 5.26 Å². The van der Waals surface area contributed by atoms with E-state index < -0.39 is 0 Å². The number of carbonyl (C=O) groups is 1. The second kappa shape index (κ2) is 7.25. The maximum Gasteiger partial charge on any atom is 0.257 e. The molecular weight excluding hydrogens is 280 g/mol. The van der Waals surface area contributed by atoms with Gasteiger partial charge in [-0.15, -0.1) is 0 Å². The van der Waals surface area contributed by atoms with Crippen molar-refractivity contribution < 1.29 is 14.6 Å². The minimum atomic E-state index is -0.370. The SMILES string of the molecule is CCOc1ccc(NC(=O)c2ccccc2C#N)cc1CO. The molecule has 0 spiro atoms. The van der Waals surface area contributed by atoms with Crippen molar-refractivity contribution in [2.75, 3.05) is 11.9 Å². The van der Waals surface area contributed by atoms with Crippen LogP contribution in [0.25, 0.3) is 0 Å². The number of anilines is 1. The van der Waals surface area contributed by atoms with E-state index >= 15 is 0 Å². The molecule has 0 radical (unpaired) electrons. The molecule has 2 rings (SSSR count). The van der Waals surface area contributed by atoms with Gasteiger partial charge in [0, 0.05) is 11.3 Å². The third-order valence-electron chi connectivity index (χ3n) is 3.08. The van der Waals surface area contributed by atoms with Crippen LogP contribution >= 0.6 is 0 Å². The van der Waals surface area contributed by atoms with Gasteiger partial charge >= 0.3 is 0 Å². The lowest BCUT2D eigenvalue weighted by Gasteiger charge is -2.11. The number of aliphatic hydroxyl groups excluding tert-OH is 1. The number of hydrogen-bond acceptors (Lipinski definition) is 4. The Morgan fingerprint density at radius 2 is 2.09 bits per heavy atom. The molecule has 2 aromatic rings. The quantitative estimate of drug-likeness (QED) is 0.888. The zero-order chi connectivity index (χ0) is 15.9. The fourth-order valence-electron chi connectivity index (χ4n) is 2.05. The standard InChI is InChI=1S/C17H16N2O3/c1-2-22-16-8-7-14(9-13(16)11-20)19-17(21)15-6-4-3-5-12(15)10-18/h3-9,20H,2,11H2,1H3,(H,19,21). The third kappa shape index (κ3) is 3.43. The number of benzene rings is 2. The van der Waals surface area contributed by atoms with Crippen molar-refractivity contribution in [1.82, 2.24) is 0 Å². The van der Waals surface area contributed by atoms with E-state index in [0.29, 0.717) is 34.7 Å². The Morgan fingerprint density at radius 1 is 1.32 bits per heavy atom. The molecule has 112 valence electrons. The van der Waals surface area contributed by atoms with Gasteiger partial charge in [0.25, 0.3) is 5.91 Å². The van der Waals surface area contributed by atoms with E-state index in [-0.39, 0.29) is 12.5 Å². The molecule has 0 fully saturated rings. The molecule has 1 amide bonds. The van der Waals surface area contributed by atoms with Gasteiger partial charge in [0.05, 0.1) is 30.4 Å². The fourth-order valence-corrected chi connectivity index (χ4v) is 2.05. The van der Waals surface area contributed by atoms with E-state index in [2.05, 4.69) is 5.32 Å². The predicted molar refractivity (Wildman–Crippen MR) is 82.6 cm³/mol. The van der Waals surface area contributed by atoms with Gasteiger partial charge in [0.15, 0.2) is 0 Å². The van der Waals surface area contributed by atoms with Crippen molar-refractivity contribution >= 4 is 11.6 Å². The van der Waals surface area contributed by atoms with Crippen molar-refractivity contribution in [2.24, 2.45) is 0 Å². The summed E-state index contributed by atoms with van der Waals surface area (Å²) in [7, 11) is 0. The summed E-state index contributed by atoms with van der Waals surface area (Å²) in [6, 6.07) is 13.6. The van der Waals surface area contributed by atoms with Crippen LogP contribution in [0.5, 0.6) is 5.75 Å². The minimum Gasteiger partial charge on any atom is -0.494 e. The molecule has 2 aromatic carbocycles. The maximum atomic E-state index is 12.2. The summed E-state index contributed by atoms with van der Waals surface area (Å²) in [6.45, 7) is 2.16. The van der Waals surface area contributed by atoms with Crippen LogP contribution in [0, 0.1) is 11.3 Å². The van der Waals surface area contributed by atoms with Crippen LogP contribution in [0.1, 0.15) is 28.4 Å². The van der Waals surface area contributed by atoms with Gasteiger partial charge in [0.1, 0.15) is 5.75 Å². The van der Waals surface area contributed by atoms with Crippen LogP contribution in [-0.2, 0) is 6.61 Å². The molecule has 5 heteroatoms. The van der Waals surface area contributed by atoms with Crippen LogP contribution in [0.3, 0.4) is 0 Å². The number of rotatable bonds is 5. The molecule has 0 aliphatic carbocycles. The summed E-state index contributed by atoms with van der Waals surface area (Å²) in [5, 5.41) is 21.1. The number of amides is 1. The Hall–Kier alpha value is -2.84. The number of carbonyl (C=O) groups excluding carboxylic acids is 1. The van der Waals surface area contributed by atoms with E-state index in [1.54, 1.807) is 42.5 Å². The average Bonchev–Trinajstić information content (AvgIpc) is 2.56. The Balaban J connectivity index is 2.23. The topological polar surface area (TPSA) is 82.3 Å². The molecule has 5 nitrogen and oxygen atoms in total. The molecule has 0 bridgehead atoms. The van der Waals surface area contributed by atoms with Gasteiger partial charge in [-0.05, 0) is 37.3 Å².